The molecule has 9 nitrogen and oxygen atoms in total. The lowest BCUT2D eigenvalue weighted by Crippen LogP contribution is -2.38. The van der Waals surface area contributed by atoms with Gasteiger partial charge in [0.15, 0.2) is 11.5 Å². The van der Waals surface area contributed by atoms with Gasteiger partial charge in [0.05, 0.1) is 37.0 Å². The molecule has 0 unspecified atom stereocenters. The number of methoxy groups -OCH3 is 1. The third-order valence-corrected chi connectivity index (χ3v) is 7.47. The fraction of sp³-hybridized carbons (Fsp3) is 0.240. The molecular formula is C25H22ClN3O6S. The number of hydrogen-bond acceptors (Lipinski definition) is 7. The van der Waals surface area contributed by atoms with Crippen LogP contribution < -0.4 is 15.0 Å². The summed E-state index contributed by atoms with van der Waals surface area (Å²) < 4.78 is 13.3. The number of likely N-dealkylation sites (tertiary alicyclic amines) is 1. The summed E-state index contributed by atoms with van der Waals surface area (Å²) in [4.78, 5) is 31.3. The SMILES string of the molecule is COc1cc(-n2cnc3cc(-c4ccc(Cl)cc4)sc3c2=O)ccc1OC[C@@H]1C[C@@H](O)CN1C(=O)O. The van der Waals surface area contributed by atoms with Crippen molar-refractivity contribution < 1.29 is 24.5 Å². The Bertz CT molecular complexity index is 1490. The minimum Gasteiger partial charge on any atom is -0.493 e. The van der Waals surface area contributed by atoms with Gasteiger partial charge in [-0.05, 0) is 42.3 Å². The predicted octanol–water partition coefficient (Wildman–Crippen LogP) is 4.27. The number of aromatic nitrogens is 2. The number of aliphatic hydroxyl groups is 1. The quantitative estimate of drug-likeness (QED) is 0.385. The standard InChI is InChI=1S/C25H22ClN3O6S/c1-34-21-9-16(6-7-20(21)35-12-17-8-18(30)11-28(17)25(32)33)29-13-27-19-10-22(36-23(19)24(29)31)14-2-4-15(26)5-3-14/h2-7,9-10,13,17-18,30H,8,11-12H2,1H3,(H,32,33)/t17-,18+/m0/s1. The molecule has 1 aliphatic heterocycles. The first-order valence-corrected chi connectivity index (χ1v) is 12.3. The Morgan fingerprint density at radius 2 is 1.97 bits per heavy atom. The second-order valence-corrected chi connectivity index (χ2v) is 9.86. The minimum absolute atomic E-state index is 0.0558. The number of β-amino-alcohol motifs (C(OH)–C–C–N with tert-alkyl or cyclic N) is 1. The largest absolute Gasteiger partial charge is 0.493 e. The van der Waals surface area contributed by atoms with Gasteiger partial charge in [0.25, 0.3) is 5.56 Å². The normalized spacial score (nSPS) is 17.5. The Morgan fingerprint density at radius 3 is 2.69 bits per heavy atom. The molecule has 2 N–H and O–H groups in total. The topological polar surface area (TPSA) is 114 Å². The second kappa shape index (κ2) is 9.81. The molecule has 1 aliphatic rings. The molecule has 1 fully saturated rings. The number of nitrogens with zero attached hydrogens (tertiary/aromatic N) is 3. The van der Waals surface area contributed by atoms with Crippen molar-refractivity contribution in [3.05, 3.63) is 70.2 Å². The number of halogens is 1. The van der Waals surface area contributed by atoms with E-state index < -0.39 is 18.2 Å². The van der Waals surface area contributed by atoms with Gasteiger partial charge in [0.1, 0.15) is 17.6 Å². The Kier molecular flexibility index (Phi) is 6.57. The van der Waals surface area contributed by atoms with Gasteiger partial charge in [-0.25, -0.2) is 9.78 Å². The summed E-state index contributed by atoms with van der Waals surface area (Å²) in [5.74, 6) is 0.782. The number of benzene rings is 2. The van der Waals surface area contributed by atoms with Crippen LogP contribution in [-0.2, 0) is 0 Å². The van der Waals surface area contributed by atoms with Gasteiger partial charge in [0.2, 0.25) is 0 Å². The van der Waals surface area contributed by atoms with Gasteiger partial charge in [-0.1, -0.05) is 23.7 Å². The molecule has 2 aromatic carbocycles. The highest BCUT2D eigenvalue weighted by molar-refractivity contribution is 7.22. The van der Waals surface area contributed by atoms with Gasteiger partial charge in [0, 0.05) is 16.0 Å². The van der Waals surface area contributed by atoms with E-state index in [9.17, 15) is 19.8 Å². The van der Waals surface area contributed by atoms with Crippen LogP contribution in [0, 0.1) is 0 Å². The number of amides is 1. The number of thiophene rings is 1. The molecule has 0 saturated carbocycles. The van der Waals surface area contributed by atoms with Gasteiger partial charge >= 0.3 is 6.09 Å². The molecule has 3 heterocycles. The number of rotatable bonds is 6. The van der Waals surface area contributed by atoms with E-state index in [1.165, 1.54) is 34.2 Å². The van der Waals surface area contributed by atoms with E-state index in [0.717, 1.165) is 10.4 Å². The zero-order valence-corrected chi connectivity index (χ0v) is 20.7. The lowest BCUT2D eigenvalue weighted by molar-refractivity contribution is 0.119. The fourth-order valence-corrected chi connectivity index (χ4v) is 5.42. The minimum atomic E-state index is -1.10. The highest BCUT2D eigenvalue weighted by Crippen LogP contribution is 2.33. The van der Waals surface area contributed by atoms with Crippen molar-refractivity contribution in [3.63, 3.8) is 0 Å². The molecule has 186 valence electrons. The number of carbonyl (C=O) groups is 1. The molecule has 0 radical (unpaired) electrons. The van der Waals surface area contributed by atoms with Crippen LogP contribution in [0.1, 0.15) is 6.42 Å². The molecule has 1 saturated heterocycles. The van der Waals surface area contributed by atoms with E-state index in [0.29, 0.717) is 38.8 Å². The van der Waals surface area contributed by atoms with Gasteiger partial charge in [-0.15, -0.1) is 11.3 Å². The van der Waals surface area contributed by atoms with Crippen LogP contribution in [0.5, 0.6) is 11.5 Å². The van der Waals surface area contributed by atoms with E-state index in [1.54, 1.807) is 30.3 Å². The van der Waals surface area contributed by atoms with Crippen LogP contribution in [0.4, 0.5) is 4.79 Å². The molecule has 4 aromatic rings. The Morgan fingerprint density at radius 1 is 1.19 bits per heavy atom. The average molecular weight is 528 g/mol. The smallest absolute Gasteiger partial charge is 0.407 e. The maximum atomic E-state index is 13.3. The Balaban J connectivity index is 1.41. The summed E-state index contributed by atoms with van der Waals surface area (Å²) in [5.41, 5.74) is 1.90. The molecule has 2 aromatic heterocycles. The van der Waals surface area contributed by atoms with E-state index in [-0.39, 0.29) is 18.7 Å². The summed E-state index contributed by atoms with van der Waals surface area (Å²) in [6.45, 7) is 0.121. The highest BCUT2D eigenvalue weighted by Gasteiger charge is 2.34. The van der Waals surface area contributed by atoms with Crippen LogP contribution in [0.25, 0.3) is 26.3 Å². The van der Waals surface area contributed by atoms with Crippen molar-refractivity contribution in [2.75, 3.05) is 20.3 Å². The summed E-state index contributed by atoms with van der Waals surface area (Å²) in [6, 6.07) is 13.9. The third kappa shape index (κ3) is 4.62. The van der Waals surface area contributed by atoms with Gasteiger partial charge in [-0.3, -0.25) is 14.3 Å². The fourth-order valence-electron chi connectivity index (χ4n) is 4.25. The first kappa shape index (κ1) is 24.1. The number of aliphatic hydroxyl groups excluding tert-OH is 1. The average Bonchev–Trinajstić information content (AvgIpc) is 3.47. The van der Waals surface area contributed by atoms with Crippen molar-refractivity contribution >= 4 is 39.2 Å². The molecule has 5 rings (SSSR count). The predicted molar refractivity (Wildman–Crippen MR) is 137 cm³/mol. The first-order chi connectivity index (χ1) is 17.3. The van der Waals surface area contributed by atoms with Crippen molar-refractivity contribution in [2.24, 2.45) is 0 Å². The molecule has 1 amide bonds. The second-order valence-electron chi connectivity index (χ2n) is 8.38. The summed E-state index contributed by atoms with van der Waals surface area (Å²) >= 11 is 7.35. The molecular weight excluding hydrogens is 506 g/mol. The number of hydrogen-bond donors (Lipinski definition) is 2. The first-order valence-electron chi connectivity index (χ1n) is 11.1. The molecule has 2 atom stereocenters. The van der Waals surface area contributed by atoms with Crippen molar-refractivity contribution in [1.82, 2.24) is 14.5 Å². The zero-order valence-electron chi connectivity index (χ0n) is 19.1. The lowest BCUT2D eigenvalue weighted by Gasteiger charge is -2.22. The molecule has 0 spiro atoms. The zero-order chi connectivity index (χ0) is 25.4. The van der Waals surface area contributed by atoms with E-state index in [2.05, 4.69) is 4.98 Å². The highest BCUT2D eigenvalue weighted by atomic mass is 35.5. The molecule has 36 heavy (non-hydrogen) atoms. The van der Waals surface area contributed by atoms with E-state index in [1.807, 2.05) is 18.2 Å². The Hall–Kier alpha value is -3.60. The van der Waals surface area contributed by atoms with Crippen molar-refractivity contribution in [1.29, 1.82) is 0 Å². The van der Waals surface area contributed by atoms with Crippen molar-refractivity contribution in [2.45, 2.75) is 18.6 Å². The van der Waals surface area contributed by atoms with Crippen LogP contribution >= 0.6 is 22.9 Å². The van der Waals surface area contributed by atoms with Crippen LogP contribution in [0.15, 0.2) is 59.7 Å². The summed E-state index contributed by atoms with van der Waals surface area (Å²) in [6.07, 6.45) is -0.0430. The maximum Gasteiger partial charge on any atom is 0.407 e. The third-order valence-electron chi connectivity index (χ3n) is 6.06. The van der Waals surface area contributed by atoms with Crippen LogP contribution in [0.2, 0.25) is 5.02 Å². The van der Waals surface area contributed by atoms with Crippen molar-refractivity contribution in [3.8, 4) is 27.6 Å². The van der Waals surface area contributed by atoms with Gasteiger partial charge < -0.3 is 19.7 Å². The number of fused-ring (bicyclic) bond motifs is 1. The van der Waals surface area contributed by atoms with Gasteiger partial charge in [-0.2, -0.15) is 0 Å². The van der Waals surface area contributed by atoms with Crippen LogP contribution in [0.3, 0.4) is 0 Å². The molecule has 0 bridgehead atoms. The number of ether oxygens (including phenoxy) is 2. The molecule has 11 heteroatoms. The summed E-state index contributed by atoms with van der Waals surface area (Å²) in [5, 5.41) is 19.8. The Labute approximate surface area is 214 Å². The lowest BCUT2D eigenvalue weighted by atomic mass is 10.2. The monoisotopic (exact) mass is 527 g/mol. The van der Waals surface area contributed by atoms with E-state index in [4.69, 9.17) is 21.1 Å². The number of carboxylic acid groups (broad SMARTS) is 1. The summed E-state index contributed by atoms with van der Waals surface area (Å²) in [7, 11) is 1.48. The van der Waals surface area contributed by atoms with E-state index >= 15 is 0 Å². The van der Waals surface area contributed by atoms with Crippen LogP contribution in [-0.4, -0.2) is 63.2 Å². The molecule has 0 aliphatic carbocycles. The maximum absolute atomic E-state index is 13.3.